The van der Waals surface area contributed by atoms with Crippen LogP contribution in [0.3, 0.4) is 0 Å². The molecule has 0 aromatic rings. The molecule has 2 aliphatic rings. The van der Waals surface area contributed by atoms with Crippen molar-refractivity contribution in [2.75, 3.05) is 6.54 Å². The lowest BCUT2D eigenvalue weighted by Crippen LogP contribution is -2.76. The Morgan fingerprint density at radius 3 is 2.69 bits per heavy atom. The molecular formula is C11H21N2+. The summed E-state index contributed by atoms with van der Waals surface area (Å²) in [6.45, 7) is 1.18. The molecule has 0 aromatic heterocycles. The summed E-state index contributed by atoms with van der Waals surface area (Å²) in [6, 6.07) is 0.778. The number of rotatable bonds is 1. The fraction of sp³-hybridized carbons (Fsp3) is 0.909. The molecule has 2 N–H and O–H groups in total. The first-order valence-corrected chi connectivity index (χ1v) is 5.81. The molecule has 2 rings (SSSR count). The Labute approximate surface area is 80.8 Å². The van der Waals surface area contributed by atoms with Gasteiger partial charge in [0.05, 0.1) is 12.6 Å². The molecule has 1 aliphatic carbocycles. The van der Waals surface area contributed by atoms with Crippen LogP contribution >= 0.6 is 0 Å². The van der Waals surface area contributed by atoms with Gasteiger partial charge < -0.3 is 0 Å². The van der Waals surface area contributed by atoms with Crippen molar-refractivity contribution in [2.45, 2.75) is 57.4 Å². The lowest BCUT2D eigenvalue weighted by Gasteiger charge is -2.07. The largest absolute Gasteiger partial charge is 0.279 e. The van der Waals surface area contributed by atoms with Crippen LogP contribution in [0.15, 0.2) is 0 Å². The maximum atomic E-state index is 3.66. The van der Waals surface area contributed by atoms with E-state index < -0.39 is 0 Å². The Kier molecular flexibility index (Phi) is 3.22. The van der Waals surface area contributed by atoms with Gasteiger partial charge in [0.15, 0.2) is 0 Å². The van der Waals surface area contributed by atoms with Gasteiger partial charge in [-0.25, -0.2) is 0 Å². The van der Waals surface area contributed by atoms with Gasteiger partial charge in [-0.1, -0.05) is 0 Å². The predicted octanol–water partition coefficient (Wildman–Crippen LogP) is 0.572. The molecule has 1 aliphatic heterocycles. The summed E-state index contributed by atoms with van der Waals surface area (Å²) in [6.07, 6.45) is 10.9. The molecule has 1 fully saturated rings. The second-order valence-electron chi connectivity index (χ2n) is 4.34. The van der Waals surface area contributed by atoms with Crippen LogP contribution in [0.4, 0.5) is 0 Å². The average molecular weight is 181 g/mol. The number of hydrogen-bond acceptors (Lipinski definition) is 1. The zero-order valence-corrected chi connectivity index (χ0v) is 8.44. The molecule has 74 valence electrons. The molecule has 0 bridgehead atoms. The zero-order chi connectivity index (χ0) is 8.93. The third-order valence-corrected chi connectivity index (χ3v) is 3.18. The van der Waals surface area contributed by atoms with E-state index in [2.05, 4.69) is 10.3 Å². The highest BCUT2D eigenvalue weighted by molar-refractivity contribution is 5.76. The highest BCUT2D eigenvalue weighted by Crippen LogP contribution is 2.17. The quantitative estimate of drug-likeness (QED) is 0.608. The van der Waals surface area contributed by atoms with E-state index in [0.29, 0.717) is 0 Å². The topological polar surface area (TPSA) is 26.0 Å². The third-order valence-electron chi connectivity index (χ3n) is 3.18. The fourth-order valence-electron chi connectivity index (χ4n) is 2.37. The van der Waals surface area contributed by atoms with E-state index >= 15 is 0 Å². The Hall–Kier alpha value is -0.530. The summed E-state index contributed by atoms with van der Waals surface area (Å²) in [5.74, 6) is 1.42. The SMILES string of the molecule is C1CC[NH+]=C(NC2CCCC2)CC1. The molecular weight excluding hydrogens is 160 g/mol. The lowest BCUT2D eigenvalue weighted by molar-refractivity contribution is -0.460. The van der Waals surface area contributed by atoms with Gasteiger partial charge in [-0.05, 0) is 44.9 Å². The van der Waals surface area contributed by atoms with Crippen molar-refractivity contribution >= 4 is 5.84 Å². The van der Waals surface area contributed by atoms with Crippen molar-refractivity contribution in [3.8, 4) is 0 Å². The molecule has 13 heavy (non-hydrogen) atoms. The summed E-state index contributed by atoms with van der Waals surface area (Å²) in [5, 5.41) is 3.66. The number of hydrogen-bond donors (Lipinski definition) is 2. The number of amidine groups is 1. The first-order valence-electron chi connectivity index (χ1n) is 5.81. The molecule has 0 saturated heterocycles. The molecule has 1 heterocycles. The van der Waals surface area contributed by atoms with Crippen LogP contribution in [0.1, 0.15) is 51.4 Å². The molecule has 0 atom stereocenters. The van der Waals surface area contributed by atoms with E-state index in [1.165, 1.54) is 63.7 Å². The molecule has 2 heteroatoms. The van der Waals surface area contributed by atoms with E-state index in [9.17, 15) is 0 Å². The van der Waals surface area contributed by atoms with Crippen LogP contribution in [0.25, 0.3) is 0 Å². The first-order chi connectivity index (χ1) is 6.45. The van der Waals surface area contributed by atoms with Crippen LogP contribution in [0, 0.1) is 0 Å². The van der Waals surface area contributed by atoms with Crippen molar-refractivity contribution in [3.05, 3.63) is 0 Å². The minimum absolute atomic E-state index is 0.778. The minimum Gasteiger partial charge on any atom is -0.279 e. The monoisotopic (exact) mass is 181 g/mol. The predicted molar refractivity (Wildman–Crippen MR) is 54.7 cm³/mol. The van der Waals surface area contributed by atoms with Gasteiger partial charge in [0, 0.05) is 6.42 Å². The smallest absolute Gasteiger partial charge is 0.242 e. The lowest BCUT2D eigenvalue weighted by atomic mass is 10.2. The van der Waals surface area contributed by atoms with Gasteiger partial charge in [-0.15, -0.1) is 0 Å². The Bertz CT molecular complexity index is 181. The Morgan fingerprint density at radius 1 is 1.00 bits per heavy atom. The fourth-order valence-corrected chi connectivity index (χ4v) is 2.37. The van der Waals surface area contributed by atoms with Crippen LogP contribution < -0.4 is 10.3 Å². The second kappa shape index (κ2) is 4.64. The summed E-state index contributed by atoms with van der Waals surface area (Å²) in [7, 11) is 0. The van der Waals surface area contributed by atoms with Crippen molar-refractivity contribution in [1.29, 1.82) is 0 Å². The van der Waals surface area contributed by atoms with E-state index in [1.807, 2.05) is 0 Å². The van der Waals surface area contributed by atoms with Crippen LogP contribution in [0.5, 0.6) is 0 Å². The van der Waals surface area contributed by atoms with E-state index in [4.69, 9.17) is 0 Å². The van der Waals surface area contributed by atoms with Crippen molar-refractivity contribution < 1.29 is 4.99 Å². The maximum absolute atomic E-state index is 3.66. The van der Waals surface area contributed by atoms with Crippen molar-refractivity contribution in [2.24, 2.45) is 0 Å². The van der Waals surface area contributed by atoms with Gasteiger partial charge in [-0.2, -0.15) is 0 Å². The van der Waals surface area contributed by atoms with Crippen LogP contribution in [-0.4, -0.2) is 18.4 Å². The second-order valence-corrected chi connectivity index (χ2v) is 4.34. The maximum Gasteiger partial charge on any atom is 0.242 e. The molecule has 0 spiro atoms. The average Bonchev–Trinajstić information content (AvgIpc) is 2.49. The van der Waals surface area contributed by atoms with E-state index in [1.54, 1.807) is 0 Å². The molecule has 1 saturated carbocycles. The van der Waals surface area contributed by atoms with Crippen LogP contribution in [0.2, 0.25) is 0 Å². The van der Waals surface area contributed by atoms with Gasteiger partial charge in [0.25, 0.3) is 0 Å². The van der Waals surface area contributed by atoms with E-state index in [-0.39, 0.29) is 0 Å². The standard InChI is InChI=1S/C11H20N2/c1-2-8-11(12-9-5-1)13-10-6-3-4-7-10/h10H,1-9H2,(H,12,13)/p+1. The third kappa shape index (κ3) is 2.71. The van der Waals surface area contributed by atoms with E-state index in [0.717, 1.165) is 6.04 Å². The molecule has 0 radical (unpaired) electrons. The number of nitrogens with one attached hydrogen (secondary N) is 2. The normalized spacial score (nSPS) is 25.4. The highest BCUT2D eigenvalue weighted by Gasteiger charge is 2.21. The first kappa shape index (κ1) is 9.04. The zero-order valence-electron chi connectivity index (χ0n) is 8.44. The Morgan fingerprint density at radius 2 is 1.85 bits per heavy atom. The molecule has 0 amide bonds. The van der Waals surface area contributed by atoms with Crippen molar-refractivity contribution in [1.82, 2.24) is 5.32 Å². The molecule has 0 unspecified atom stereocenters. The summed E-state index contributed by atoms with van der Waals surface area (Å²) >= 11 is 0. The summed E-state index contributed by atoms with van der Waals surface area (Å²) < 4.78 is 0. The van der Waals surface area contributed by atoms with Gasteiger partial charge in [0.2, 0.25) is 5.84 Å². The van der Waals surface area contributed by atoms with Gasteiger partial charge in [-0.3, -0.25) is 10.3 Å². The van der Waals surface area contributed by atoms with Crippen LogP contribution in [-0.2, 0) is 0 Å². The molecule has 0 aromatic carbocycles. The van der Waals surface area contributed by atoms with Crippen molar-refractivity contribution in [3.63, 3.8) is 0 Å². The summed E-state index contributed by atoms with van der Waals surface area (Å²) in [4.78, 5) is 3.51. The summed E-state index contributed by atoms with van der Waals surface area (Å²) in [5.41, 5.74) is 0. The molecule has 2 nitrogen and oxygen atoms in total. The van der Waals surface area contributed by atoms with Gasteiger partial charge >= 0.3 is 0 Å². The highest BCUT2D eigenvalue weighted by atomic mass is 15.0. The minimum atomic E-state index is 0.778. The van der Waals surface area contributed by atoms with Gasteiger partial charge in [0.1, 0.15) is 0 Å². The Balaban J connectivity index is 1.81.